The molecule has 3 aliphatic heterocycles. The largest absolute Gasteiger partial charge is 0.454 e. The van der Waals surface area contributed by atoms with Gasteiger partial charge in [0.1, 0.15) is 17.5 Å². The molecule has 12 heteroatoms. The first-order chi connectivity index (χ1) is 16.8. The van der Waals surface area contributed by atoms with Gasteiger partial charge in [-0.2, -0.15) is 0 Å². The lowest BCUT2D eigenvalue weighted by molar-refractivity contribution is -0.180. The van der Waals surface area contributed by atoms with Gasteiger partial charge in [0, 0.05) is 4.75 Å². The van der Waals surface area contributed by atoms with Crippen LogP contribution in [0.3, 0.4) is 0 Å². The maximum atomic E-state index is 12.9. The maximum absolute atomic E-state index is 12.9. The summed E-state index contributed by atoms with van der Waals surface area (Å²) in [6, 6.07) is 2.77. The van der Waals surface area contributed by atoms with E-state index in [4.69, 9.17) is 24.7 Å². The monoisotopic (exact) mass is 521 g/mol. The second-order valence-corrected chi connectivity index (χ2v) is 12.3. The fraction of sp³-hybridized carbons (Fsp3) is 0.583. The third kappa shape index (κ3) is 4.96. The molecule has 0 spiro atoms. The second kappa shape index (κ2) is 9.47. The van der Waals surface area contributed by atoms with E-state index in [9.17, 15) is 19.2 Å². The molecular formula is C24H31N3O8S. The van der Waals surface area contributed by atoms with Crippen LogP contribution in [-0.4, -0.2) is 70.5 Å². The van der Waals surface area contributed by atoms with Crippen LogP contribution in [-0.2, 0) is 35.1 Å². The van der Waals surface area contributed by atoms with Gasteiger partial charge in [0.05, 0.1) is 11.5 Å². The highest BCUT2D eigenvalue weighted by atomic mass is 32.2. The number of rotatable bonds is 7. The average Bonchev–Trinajstić information content (AvgIpc) is 3.35. The highest BCUT2D eigenvalue weighted by Crippen LogP contribution is 2.51. The Hall–Kier alpha value is -2.99. The number of ether oxygens (including phenoxy) is 4. The molecule has 36 heavy (non-hydrogen) atoms. The van der Waals surface area contributed by atoms with Crippen molar-refractivity contribution in [2.24, 2.45) is 11.1 Å². The number of nitrogens with zero attached hydrogens (tertiary/aromatic N) is 1. The Balaban J connectivity index is 1.33. The summed E-state index contributed by atoms with van der Waals surface area (Å²) in [5.41, 5.74) is 6.18. The Bertz CT molecular complexity index is 1090. The first kappa shape index (κ1) is 26.1. The third-order valence-electron chi connectivity index (χ3n) is 6.19. The lowest BCUT2D eigenvalue weighted by atomic mass is 9.95. The third-order valence-corrected chi connectivity index (χ3v) is 7.77. The van der Waals surface area contributed by atoms with Crippen molar-refractivity contribution in [1.29, 1.82) is 0 Å². The lowest BCUT2D eigenvalue weighted by Crippen LogP contribution is -2.71. The number of fused-ring (bicyclic) bond motifs is 2. The molecule has 4 atom stereocenters. The smallest absolute Gasteiger partial charge is 0.333 e. The number of β-lactam (4-membered cyclic amide) rings is 1. The van der Waals surface area contributed by atoms with Crippen LogP contribution >= 0.6 is 11.8 Å². The SMILES string of the molecule is CC(C)(C)C(=O)OCOC(=O)[C@@H]1N2C(=O)[C@@H](NC(=O)C(N)Cc3ccc4c(c3)OCO4)[C@H]2SC1(C)C. The van der Waals surface area contributed by atoms with E-state index >= 15 is 0 Å². The fourth-order valence-electron chi connectivity index (χ4n) is 4.24. The molecule has 0 aromatic heterocycles. The van der Waals surface area contributed by atoms with Crippen molar-refractivity contribution in [3.63, 3.8) is 0 Å². The van der Waals surface area contributed by atoms with Gasteiger partial charge in [-0.05, 0) is 58.7 Å². The van der Waals surface area contributed by atoms with Gasteiger partial charge in [0.15, 0.2) is 11.5 Å². The van der Waals surface area contributed by atoms with Gasteiger partial charge in [0.2, 0.25) is 25.4 Å². The van der Waals surface area contributed by atoms with Gasteiger partial charge in [-0.15, -0.1) is 11.8 Å². The van der Waals surface area contributed by atoms with Gasteiger partial charge in [-0.25, -0.2) is 4.79 Å². The Labute approximate surface area is 213 Å². The van der Waals surface area contributed by atoms with Crippen LogP contribution < -0.4 is 20.5 Å². The molecule has 2 amide bonds. The standard InChI is InChI=1S/C24H31N3O8S/c1-23(2,3)22(31)35-11-34-21(30)17-24(4,5)36-20-16(19(29)27(17)20)26-18(28)13(25)8-12-6-7-14-15(9-12)33-10-32-14/h6-7,9,13,16-17,20H,8,10-11,25H2,1-5H3,(H,26,28)/t13?,16-,17+,20-/m1/s1. The first-order valence-electron chi connectivity index (χ1n) is 11.6. The molecule has 3 N–H and O–H groups in total. The van der Waals surface area contributed by atoms with E-state index in [0.29, 0.717) is 11.5 Å². The maximum Gasteiger partial charge on any atom is 0.333 e. The minimum atomic E-state index is -0.885. The summed E-state index contributed by atoms with van der Waals surface area (Å²) in [4.78, 5) is 51.8. The summed E-state index contributed by atoms with van der Waals surface area (Å²) in [5.74, 6) is -0.805. The van der Waals surface area contributed by atoms with Crippen molar-refractivity contribution in [2.75, 3.05) is 13.6 Å². The van der Waals surface area contributed by atoms with Crippen molar-refractivity contribution >= 4 is 35.5 Å². The molecule has 11 nitrogen and oxygen atoms in total. The minimum Gasteiger partial charge on any atom is -0.454 e. The number of amides is 2. The summed E-state index contributed by atoms with van der Waals surface area (Å²) in [6.07, 6.45) is 0.249. The highest BCUT2D eigenvalue weighted by Gasteiger charge is 2.64. The molecule has 1 unspecified atom stereocenters. The van der Waals surface area contributed by atoms with Crippen LogP contribution in [0.15, 0.2) is 18.2 Å². The quantitative estimate of drug-likeness (QED) is 0.302. The Morgan fingerprint density at radius 2 is 1.92 bits per heavy atom. The number of nitrogens with two attached hydrogens (primary N) is 1. The van der Waals surface area contributed by atoms with Gasteiger partial charge < -0.3 is 34.9 Å². The predicted octanol–water partition coefficient (Wildman–Crippen LogP) is 0.922. The topological polar surface area (TPSA) is 146 Å². The molecule has 1 aromatic carbocycles. The van der Waals surface area contributed by atoms with E-state index in [1.807, 2.05) is 13.8 Å². The van der Waals surface area contributed by atoms with Gasteiger partial charge >= 0.3 is 11.9 Å². The number of thioether (sulfide) groups is 1. The van der Waals surface area contributed by atoms with Crippen LogP contribution in [0, 0.1) is 5.41 Å². The van der Waals surface area contributed by atoms with Crippen LogP contribution in [0.5, 0.6) is 11.5 Å². The molecule has 3 aliphatic rings. The molecule has 3 heterocycles. The van der Waals surface area contributed by atoms with Gasteiger partial charge in [-0.1, -0.05) is 6.07 Å². The second-order valence-electron chi connectivity index (χ2n) is 10.5. The first-order valence-corrected chi connectivity index (χ1v) is 12.5. The molecule has 2 fully saturated rings. The average molecular weight is 522 g/mol. The molecule has 0 bridgehead atoms. The predicted molar refractivity (Wildman–Crippen MR) is 129 cm³/mol. The summed E-state index contributed by atoms with van der Waals surface area (Å²) in [7, 11) is 0. The number of nitrogens with one attached hydrogen (secondary N) is 1. The van der Waals surface area contributed by atoms with Crippen molar-refractivity contribution in [1.82, 2.24) is 10.2 Å². The van der Waals surface area contributed by atoms with E-state index < -0.39 is 64.2 Å². The van der Waals surface area contributed by atoms with Crippen molar-refractivity contribution in [3.05, 3.63) is 23.8 Å². The number of benzene rings is 1. The normalized spacial score (nSPS) is 24.4. The van der Waals surface area contributed by atoms with Crippen molar-refractivity contribution < 1.29 is 38.1 Å². The number of carbonyl (C=O) groups excluding carboxylic acids is 4. The summed E-state index contributed by atoms with van der Waals surface area (Å²) >= 11 is 1.39. The minimum absolute atomic E-state index is 0.150. The molecule has 196 valence electrons. The summed E-state index contributed by atoms with van der Waals surface area (Å²) in [5, 5.41) is 2.29. The highest BCUT2D eigenvalue weighted by molar-refractivity contribution is 8.01. The summed E-state index contributed by atoms with van der Waals surface area (Å²) < 4.78 is 20.1. The molecule has 0 radical (unpaired) electrons. The van der Waals surface area contributed by atoms with Crippen molar-refractivity contribution in [2.45, 2.75) is 69.3 Å². The van der Waals surface area contributed by atoms with Crippen LogP contribution in [0.4, 0.5) is 0 Å². The van der Waals surface area contributed by atoms with Gasteiger partial charge in [0.25, 0.3) is 0 Å². The summed E-state index contributed by atoms with van der Waals surface area (Å²) in [6.45, 7) is 8.32. The van der Waals surface area contributed by atoms with E-state index in [-0.39, 0.29) is 13.2 Å². The van der Waals surface area contributed by atoms with Crippen LogP contribution in [0.1, 0.15) is 40.2 Å². The van der Waals surface area contributed by atoms with Crippen LogP contribution in [0.25, 0.3) is 0 Å². The molecule has 0 aliphatic carbocycles. The fourth-order valence-corrected chi connectivity index (χ4v) is 5.86. The molecule has 2 saturated heterocycles. The Kier molecular flexibility index (Phi) is 6.86. The molecule has 0 saturated carbocycles. The molecular weight excluding hydrogens is 490 g/mol. The zero-order chi connectivity index (χ0) is 26.4. The van der Waals surface area contributed by atoms with Crippen LogP contribution in [0.2, 0.25) is 0 Å². The molecule has 4 rings (SSSR count). The molecule has 1 aromatic rings. The van der Waals surface area contributed by atoms with E-state index in [0.717, 1.165) is 5.56 Å². The Morgan fingerprint density at radius 1 is 1.22 bits per heavy atom. The van der Waals surface area contributed by atoms with E-state index in [1.165, 1.54) is 16.7 Å². The zero-order valence-electron chi connectivity index (χ0n) is 20.9. The van der Waals surface area contributed by atoms with Gasteiger partial charge in [-0.3, -0.25) is 14.4 Å². The number of esters is 2. The number of hydrogen-bond acceptors (Lipinski definition) is 10. The van der Waals surface area contributed by atoms with E-state index in [1.54, 1.807) is 39.0 Å². The Morgan fingerprint density at radius 3 is 2.61 bits per heavy atom. The van der Waals surface area contributed by atoms with Crippen molar-refractivity contribution in [3.8, 4) is 11.5 Å². The number of carbonyl (C=O) groups is 4. The number of hydrogen-bond donors (Lipinski definition) is 2. The van der Waals surface area contributed by atoms with E-state index in [2.05, 4.69) is 5.32 Å². The zero-order valence-corrected chi connectivity index (χ0v) is 21.7. The lowest BCUT2D eigenvalue weighted by Gasteiger charge is -2.44.